The lowest BCUT2D eigenvalue weighted by molar-refractivity contribution is -0.167. The molecule has 1 fully saturated rings. The molecule has 0 aromatic heterocycles. The average Bonchev–Trinajstić information content (AvgIpc) is 3.37. The van der Waals surface area contributed by atoms with E-state index in [1.807, 2.05) is 5.32 Å². The van der Waals surface area contributed by atoms with Crippen molar-refractivity contribution in [1.82, 2.24) is 0 Å². The number of halogens is 9. The van der Waals surface area contributed by atoms with Crippen LogP contribution in [0.2, 0.25) is 5.02 Å². The van der Waals surface area contributed by atoms with Gasteiger partial charge >= 0.3 is 12.1 Å². The first-order chi connectivity index (χ1) is 15.6. The summed E-state index contributed by atoms with van der Waals surface area (Å²) >= 11 is 17.3. The van der Waals surface area contributed by atoms with Crippen LogP contribution < -0.4 is 16.0 Å². The normalized spacial score (nSPS) is 16.6. The first-order valence-corrected chi connectivity index (χ1v) is 10.1. The summed E-state index contributed by atoms with van der Waals surface area (Å²) < 4.78 is 78.5. The molecule has 0 spiro atoms. The summed E-state index contributed by atoms with van der Waals surface area (Å²) in [5, 5.41) is 4.46. The Kier molecular flexibility index (Phi) is 6.98. The van der Waals surface area contributed by atoms with Crippen molar-refractivity contribution < 1.29 is 40.7 Å². The molecule has 0 bridgehead atoms. The summed E-state index contributed by atoms with van der Waals surface area (Å²) in [7, 11) is 0. The number of rotatable bonds is 5. The molecule has 15 heteroatoms. The first kappa shape index (κ1) is 25.9. The van der Waals surface area contributed by atoms with Gasteiger partial charge in [0.05, 0.1) is 22.2 Å². The molecule has 1 aliphatic carbocycles. The van der Waals surface area contributed by atoms with Crippen molar-refractivity contribution in [3.05, 3.63) is 52.3 Å². The molecule has 3 N–H and O–H groups in total. The zero-order chi connectivity index (χ0) is 25.6. The van der Waals surface area contributed by atoms with Crippen LogP contribution in [0.15, 0.2) is 24.3 Å². The quantitative estimate of drug-likeness (QED) is 0.334. The van der Waals surface area contributed by atoms with E-state index in [0.29, 0.717) is 12.1 Å². The standard InChI is InChI=1S/C19H10Cl3F6N3O3/c20-12-7(3-6(4-10(12)24)29-16(33)8-5-18(8,21)22)15(32)30-11-2-1-9(23)14(13(11)25)31-17(34)19(26,27)28/h1-4,8H,5H2,(H,29,33)(H,30,32)(H,31,34)/t8-/m1/s1. The summed E-state index contributed by atoms with van der Waals surface area (Å²) in [6.45, 7) is 0. The Morgan fingerprint density at radius 2 is 1.59 bits per heavy atom. The molecule has 2 aromatic carbocycles. The largest absolute Gasteiger partial charge is 0.471 e. The van der Waals surface area contributed by atoms with Crippen molar-refractivity contribution in [2.75, 3.05) is 16.0 Å². The molecule has 34 heavy (non-hydrogen) atoms. The summed E-state index contributed by atoms with van der Waals surface area (Å²) in [4.78, 5) is 35.7. The minimum atomic E-state index is -5.44. The number of nitrogens with one attached hydrogen (secondary N) is 3. The maximum atomic E-state index is 14.5. The predicted molar refractivity (Wildman–Crippen MR) is 112 cm³/mol. The second-order valence-electron chi connectivity index (χ2n) is 7.02. The van der Waals surface area contributed by atoms with Crippen LogP contribution in [0.4, 0.5) is 43.4 Å². The van der Waals surface area contributed by atoms with E-state index in [9.17, 15) is 40.7 Å². The zero-order valence-electron chi connectivity index (χ0n) is 16.2. The van der Waals surface area contributed by atoms with E-state index >= 15 is 0 Å². The van der Waals surface area contributed by atoms with Gasteiger partial charge in [0.1, 0.15) is 21.7 Å². The average molecular weight is 549 g/mol. The first-order valence-electron chi connectivity index (χ1n) is 8.97. The van der Waals surface area contributed by atoms with Crippen molar-refractivity contribution in [2.24, 2.45) is 5.92 Å². The Balaban J connectivity index is 1.85. The van der Waals surface area contributed by atoms with Crippen LogP contribution in [0.5, 0.6) is 0 Å². The summed E-state index contributed by atoms with van der Waals surface area (Å²) in [5.41, 5.74) is -3.18. The number of alkyl halides is 5. The highest BCUT2D eigenvalue weighted by molar-refractivity contribution is 6.52. The molecule has 3 rings (SSSR count). The van der Waals surface area contributed by atoms with Crippen LogP contribution >= 0.6 is 34.8 Å². The second kappa shape index (κ2) is 9.16. The fourth-order valence-electron chi connectivity index (χ4n) is 2.69. The van der Waals surface area contributed by atoms with Gasteiger partial charge in [-0.05, 0) is 30.7 Å². The fraction of sp³-hybridized carbons (Fsp3) is 0.211. The highest BCUT2D eigenvalue weighted by atomic mass is 35.5. The third-order valence-corrected chi connectivity index (χ3v) is 5.74. The minimum absolute atomic E-state index is 0.141. The van der Waals surface area contributed by atoms with Gasteiger partial charge in [-0.15, -0.1) is 23.2 Å². The molecule has 0 unspecified atom stereocenters. The van der Waals surface area contributed by atoms with Crippen molar-refractivity contribution in [2.45, 2.75) is 16.9 Å². The summed E-state index contributed by atoms with van der Waals surface area (Å²) in [5.74, 6) is -9.85. The molecule has 1 atom stereocenters. The molecule has 0 radical (unpaired) electrons. The van der Waals surface area contributed by atoms with Gasteiger partial charge in [0.25, 0.3) is 5.91 Å². The third kappa shape index (κ3) is 5.50. The van der Waals surface area contributed by atoms with Crippen LogP contribution in [-0.2, 0) is 9.59 Å². The van der Waals surface area contributed by atoms with E-state index in [0.717, 1.165) is 17.4 Å². The number of carbonyl (C=O) groups is 3. The molecule has 1 saturated carbocycles. The Bertz CT molecular complexity index is 1210. The molecule has 0 aliphatic heterocycles. The Morgan fingerprint density at radius 3 is 2.15 bits per heavy atom. The van der Waals surface area contributed by atoms with Crippen molar-refractivity contribution in [3.63, 3.8) is 0 Å². The highest BCUT2D eigenvalue weighted by Crippen LogP contribution is 2.53. The van der Waals surface area contributed by atoms with Crippen LogP contribution in [0, 0.1) is 23.4 Å². The van der Waals surface area contributed by atoms with Gasteiger partial charge in [-0.3, -0.25) is 14.4 Å². The Morgan fingerprint density at radius 1 is 0.971 bits per heavy atom. The second-order valence-corrected chi connectivity index (χ2v) is 8.94. The molecule has 0 saturated heterocycles. The lowest BCUT2D eigenvalue weighted by atomic mass is 10.1. The van der Waals surface area contributed by atoms with E-state index in [-0.39, 0.29) is 12.1 Å². The van der Waals surface area contributed by atoms with Crippen molar-refractivity contribution >= 4 is 69.6 Å². The highest BCUT2D eigenvalue weighted by Gasteiger charge is 2.56. The molecule has 182 valence electrons. The van der Waals surface area contributed by atoms with Gasteiger partial charge in [-0.2, -0.15) is 13.2 Å². The maximum Gasteiger partial charge on any atom is 0.471 e. The number of hydrogen-bond acceptors (Lipinski definition) is 3. The molecule has 0 heterocycles. The molecule has 2 aromatic rings. The van der Waals surface area contributed by atoms with E-state index < -0.39 is 73.6 Å². The lowest BCUT2D eigenvalue weighted by Crippen LogP contribution is -2.31. The molecular weight excluding hydrogens is 539 g/mol. The number of anilines is 3. The van der Waals surface area contributed by atoms with Gasteiger partial charge in [0, 0.05) is 5.69 Å². The van der Waals surface area contributed by atoms with Crippen LogP contribution in [0.3, 0.4) is 0 Å². The summed E-state index contributed by atoms with van der Waals surface area (Å²) in [6.07, 6.45) is -5.30. The molecule has 6 nitrogen and oxygen atoms in total. The monoisotopic (exact) mass is 547 g/mol. The van der Waals surface area contributed by atoms with Gasteiger partial charge < -0.3 is 16.0 Å². The van der Waals surface area contributed by atoms with E-state index in [4.69, 9.17) is 34.8 Å². The number of benzene rings is 2. The van der Waals surface area contributed by atoms with Gasteiger partial charge in [0.15, 0.2) is 5.82 Å². The SMILES string of the molecule is O=C(Nc1ccc(F)c(NC(=O)C(F)(F)F)c1F)c1cc(NC(=O)[C@H]2CC2(Cl)Cl)cc(F)c1Cl. The zero-order valence-corrected chi connectivity index (χ0v) is 18.5. The fourth-order valence-corrected chi connectivity index (χ4v) is 3.39. The van der Waals surface area contributed by atoms with E-state index in [1.165, 1.54) is 0 Å². The number of amides is 3. The van der Waals surface area contributed by atoms with Gasteiger partial charge in [0.2, 0.25) is 5.91 Å². The summed E-state index contributed by atoms with van der Waals surface area (Å²) in [6, 6.07) is 2.84. The number of carbonyl (C=O) groups excluding carboxylic acids is 3. The lowest BCUT2D eigenvalue weighted by Gasteiger charge is -2.14. The van der Waals surface area contributed by atoms with E-state index in [1.54, 1.807) is 0 Å². The van der Waals surface area contributed by atoms with E-state index in [2.05, 4.69) is 5.32 Å². The molecule has 3 amide bonds. The predicted octanol–water partition coefficient (Wildman–Crippen LogP) is 5.64. The maximum absolute atomic E-state index is 14.5. The van der Waals surface area contributed by atoms with Crippen LogP contribution in [-0.4, -0.2) is 28.2 Å². The molecular formula is C19H10Cl3F6N3O3. The third-order valence-electron chi connectivity index (χ3n) is 4.52. The topological polar surface area (TPSA) is 87.3 Å². The minimum Gasteiger partial charge on any atom is -0.326 e. The van der Waals surface area contributed by atoms with Gasteiger partial charge in [-0.1, -0.05) is 11.6 Å². The van der Waals surface area contributed by atoms with Crippen LogP contribution in [0.1, 0.15) is 16.8 Å². The molecule has 1 aliphatic rings. The number of hydrogen-bond donors (Lipinski definition) is 3. The Labute approximate surface area is 201 Å². The van der Waals surface area contributed by atoms with Crippen molar-refractivity contribution in [3.8, 4) is 0 Å². The smallest absolute Gasteiger partial charge is 0.326 e. The van der Waals surface area contributed by atoms with Crippen LogP contribution in [0.25, 0.3) is 0 Å². The van der Waals surface area contributed by atoms with Crippen molar-refractivity contribution in [1.29, 1.82) is 0 Å². The Hall–Kier alpha value is -2.70. The van der Waals surface area contributed by atoms with Gasteiger partial charge in [-0.25, -0.2) is 13.2 Å².